The van der Waals surface area contributed by atoms with Crippen LogP contribution in [0.15, 0.2) is 59.6 Å². The van der Waals surface area contributed by atoms with Gasteiger partial charge in [-0.2, -0.15) is 57.1 Å². The Bertz CT molecular complexity index is 1930. The fourth-order valence-electron chi connectivity index (χ4n) is 4.70. The number of hydrogen-bond donors (Lipinski definition) is 0. The van der Waals surface area contributed by atoms with Crippen molar-refractivity contribution < 1.29 is 71.8 Å². The third-order valence-corrected chi connectivity index (χ3v) is 7.14. The monoisotopic (exact) mass is 722 g/mol. The topological polar surface area (TPSA) is 142 Å². The molecule has 0 amide bonds. The van der Waals surface area contributed by atoms with Crippen LogP contribution < -0.4 is 0 Å². The standard InChI is InChI=1S/C26H11F13N4O6/c27-21(28,22(29,30)23(31,32)24(33,34)25(35,36)26(37,38)39)10-11-3-1-2-4-17(11)40-20-15-7-12(41(44)45)5-6-14(15)19-16(20)8-13(42(46)47)9-18(19)43(48)49/h1-9H,10H2. The number of hydrogen-bond acceptors (Lipinski definition) is 7. The maximum Gasteiger partial charge on any atom is 0.460 e. The summed E-state index contributed by atoms with van der Waals surface area (Å²) in [5.41, 5.74) is -7.33. The number of alkyl halides is 13. The van der Waals surface area contributed by atoms with Crippen molar-refractivity contribution in [3.63, 3.8) is 0 Å². The number of nitro groups is 3. The Morgan fingerprint density at radius 2 is 1.10 bits per heavy atom. The van der Waals surface area contributed by atoms with Crippen molar-refractivity contribution in [2.75, 3.05) is 0 Å². The Morgan fingerprint density at radius 3 is 1.63 bits per heavy atom. The molecule has 0 fully saturated rings. The van der Waals surface area contributed by atoms with Crippen LogP contribution in [0.1, 0.15) is 16.7 Å². The Morgan fingerprint density at radius 1 is 0.571 bits per heavy atom. The molecule has 0 unspecified atom stereocenters. The quantitative estimate of drug-likeness (QED) is 0.0910. The Labute approximate surface area is 260 Å². The van der Waals surface area contributed by atoms with Gasteiger partial charge in [0.2, 0.25) is 0 Å². The number of aliphatic imine (C=N–C) groups is 1. The van der Waals surface area contributed by atoms with Gasteiger partial charge in [-0.25, -0.2) is 4.99 Å². The molecular weight excluding hydrogens is 711 g/mol. The maximum atomic E-state index is 14.8. The molecule has 262 valence electrons. The van der Waals surface area contributed by atoms with Gasteiger partial charge < -0.3 is 0 Å². The molecule has 10 nitrogen and oxygen atoms in total. The van der Waals surface area contributed by atoms with E-state index in [1.165, 1.54) is 0 Å². The van der Waals surface area contributed by atoms with Crippen LogP contribution in [0.25, 0.3) is 11.1 Å². The molecule has 0 bridgehead atoms. The maximum absolute atomic E-state index is 14.8. The molecule has 49 heavy (non-hydrogen) atoms. The molecule has 23 heteroatoms. The lowest BCUT2D eigenvalue weighted by atomic mass is 9.90. The lowest BCUT2D eigenvalue weighted by molar-refractivity contribution is -0.439. The minimum atomic E-state index is -8.12. The van der Waals surface area contributed by atoms with Crippen LogP contribution in [-0.4, -0.2) is 56.3 Å². The van der Waals surface area contributed by atoms with Crippen LogP contribution in [0.5, 0.6) is 0 Å². The molecule has 4 rings (SSSR count). The summed E-state index contributed by atoms with van der Waals surface area (Å²) in [5.74, 6) is -38.3. The van der Waals surface area contributed by atoms with Gasteiger partial charge in [0.05, 0.1) is 37.8 Å². The highest BCUT2D eigenvalue weighted by Gasteiger charge is 2.90. The number of non-ortho nitro benzene ring substituents is 2. The summed E-state index contributed by atoms with van der Waals surface area (Å²) in [5, 5.41) is 34.7. The summed E-state index contributed by atoms with van der Waals surface area (Å²) in [7, 11) is 0. The summed E-state index contributed by atoms with van der Waals surface area (Å²) in [6.07, 6.45) is -10.4. The van der Waals surface area contributed by atoms with Crippen molar-refractivity contribution in [2.45, 2.75) is 42.2 Å². The third kappa shape index (κ3) is 5.54. The highest BCUT2D eigenvalue weighted by Crippen LogP contribution is 2.61. The zero-order chi connectivity index (χ0) is 37.3. The van der Waals surface area contributed by atoms with E-state index in [1.807, 2.05) is 0 Å². The number of fused-ring (bicyclic) bond motifs is 3. The van der Waals surface area contributed by atoms with Gasteiger partial charge in [-0.3, -0.25) is 30.3 Å². The van der Waals surface area contributed by atoms with Gasteiger partial charge in [-0.15, -0.1) is 0 Å². The van der Waals surface area contributed by atoms with Crippen molar-refractivity contribution in [3.8, 4) is 11.1 Å². The summed E-state index contributed by atoms with van der Waals surface area (Å²) >= 11 is 0. The van der Waals surface area contributed by atoms with E-state index in [9.17, 15) is 87.4 Å². The van der Waals surface area contributed by atoms with Crippen LogP contribution in [0.2, 0.25) is 0 Å². The number of para-hydroxylation sites is 1. The smallest absolute Gasteiger partial charge is 0.258 e. The fourth-order valence-corrected chi connectivity index (χ4v) is 4.70. The number of benzene rings is 3. The number of nitro benzene ring substituents is 3. The number of nitrogens with zero attached hydrogens (tertiary/aromatic N) is 4. The van der Waals surface area contributed by atoms with Crippen molar-refractivity contribution in [3.05, 3.63) is 102 Å². The molecule has 1 aliphatic rings. The zero-order valence-electron chi connectivity index (χ0n) is 23.1. The summed E-state index contributed by atoms with van der Waals surface area (Å²) in [6.45, 7) is 0. The Balaban J connectivity index is 1.92. The molecule has 0 saturated heterocycles. The summed E-state index contributed by atoms with van der Waals surface area (Å²) in [6, 6.07) is 6.42. The molecule has 0 heterocycles. The average Bonchev–Trinajstić information content (AvgIpc) is 3.28. The van der Waals surface area contributed by atoms with Crippen molar-refractivity contribution in [1.29, 1.82) is 0 Å². The highest BCUT2D eigenvalue weighted by atomic mass is 19.4. The largest absolute Gasteiger partial charge is 0.460 e. The van der Waals surface area contributed by atoms with E-state index in [0.717, 1.165) is 30.3 Å². The first-order valence-electron chi connectivity index (χ1n) is 12.6. The van der Waals surface area contributed by atoms with Gasteiger partial charge in [0, 0.05) is 35.7 Å². The van der Waals surface area contributed by atoms with Crippen molar-refractivity contribution in [2.24, 2.45) is 4.99 Å². The van der Waals surface area contributed by atoms with E-state index in [-0.39, 0.29) is 5.56 Å². The molecule has 3 aromatic carbocycles. The molecule has 0 atom stereocenters. The van der Waals surface area contributed by atoms with Crippen molar-refractivity contribution in [1.82, 2.24) is 0 Å². The summed E-state index contributed by atoms with van der Waals surface area (Å²) < 4.78 is 178. The molecule has 0 spiro atoms. The fraction of sp³-hybridized carbons (Fsp3) is 0.269. The van der Waals surface area contributed by atoms with E-state index < -0.39 is 108 Å². The summed E-state index contributed by atoms with van der Waals surface area (Å²) in [4.78, 5) is 35.4. The molecule has 0 saturated carbocycles. The van der Waals surface area contributed by atoms with Gasteiger partial charge in [0.1, 0.15) is 0 Å². The van der Waals surface area contributed by atoms with E-state index >= 15 is 0 Å². The third-order valence-electron chi connectivity index (χ3n) is 7.14. The molecule has 0 N–H and O–H groups in total. The normalized spacial score (nSPS) is 14.8. The number of rotatable bonds is 10. The van der Waals surface area contributed by atoms with Gasteiger partial charge in [-0.1, -0.05) is 18.2 Å². The zero-order valence-corrected chi connectivity index (χ0v) is 23.1. The highest BCUT2D eigenvalue weighted by molar-refractivity contribution is 6.27. The van der Waals surface area contributed by atoms with Gasteiger partial charge in [-0.05, 0) is 23.3 Å². The Kier molecular flexibility index (Phi) is 8.45. The molecule has 1 aliphatic carbocycles. The second kappa shape index (κ2) is 11.4. The lowest BCUT2D eigenvalue weighted by Gasteiger charge is -2.39. The lowest BCUT2D eigenvalue weighted by Crippen LogP contribution is -2.70. The van der Waals surface area contributed by atoms with E-state index in [4.69, 9.17) is 0 Å². The Hall–Kier alpha value is -5.38. The molecule has 0 radical (unpaired) electrons. The van der Waals surface area contributed by atoms with Crippen LogP contribution in [-0.2, 0) is 6.42 Å². The SMILES string of the molecule is O=[N+]([O-])c1ccc2c(c1)C(=Nc1ccccc1CC(F)(F)C(F)(F)C(F)(F)C(F)(F)C(F)(F)C(F)(F)F)c1cc([N+](=O)[O-])cc([N+](=O)[O-])c1-2. The molecule has 0 aliphatic heterocycles. The van der Waals surface area contributed by atoms with Crippen LogP contribution in [0, 0.1) is 30.3 Å². The number of halogens is 13. The predicted molar refractivity (Wildman–Crippen MR) is 138 cm³/mol. The second-order valence-electron chi connectivity index (χ2n) is 10.2. The first-order valence-corrected chi connectivity index (χ1v) is 12.6. The average molecular weight is 722 g/mol. The van der Waals surface area contributed by atoms with Crippen LogP contribution >= 0.6 is 0 Å². The van der Waals surface area contributed by atoms with Gasteiger partial charge in [0.15, 0.2) is 0 Å². The van der Waals surface area contributed by atoms with Crippen molar-refractivity contribution >= 4 is 28.5 Å². The molecule has 3 aromatic rings. The first-order chi connectivity index (χ1) is 22.2. The predicted octanol–water partition coefficient (Wildman–Crippen LogP) is 8.84. The van der Waals surface area contributed by atoms with Gasteiger partial charge in [0.25, 0.3) is 17.1 Å². The van der Waals surface area contributed by atoms with Crippen LogP contribution in [0.4, 0.5) is 79.8 Å². The molecular formula is C26H11F13N4O6. The molecule has 0 aromatic heterocycles. The van der Waals surface area contributed by atoms with E-state index in [2.05, 4.69) is 4.99 Å². The van der Waals surface area contributed by atoms with Crippen LogP contribution in [0.3, 0.4) is 0 Å². The first kappa shape index (κ1) is 36.5. The minimum absolute atomic E-state index is 0.247. The minimum Gasteiger partial charge on any atom is -0.258 e. The van der Waals surface area contributed by atoms with E-state index in [1.54, 1.807) is 0 Å². The second-order valence-corrected chi connectivity index (χ2v) is 10.2. The van der Waals surface area contributed by atoms with Gasteiger partial charge >= 0.3 is 35.8 Å². The van der Waals surface area contributed by atoms with E-state index in [0.29, 0.717) is 24.3 Å².